The topological polar surface area (TPSA) is 111 Å². The molecule has 0 fully saturated rings. The average molecular weight is 313 g/mol. The Kier molecular flexibility index (Phi) is 12.7. The van der Waals surface area contributed by atoms with Gasteiger partial charge in [-0.15, -0.1) is 0 Å². The van der Waals surface area contributed by atoms with Crippen LogP contribution in [0.3, 0.4) is 0 Å². The summed E-state index contributed by atoms with van der Waals surface area (Å²) in [5.74, 6) is 0. The Balaban J connectivity index is 3.49. The highest BCUT2D eigenvalue weighted by Crippen LogP contribution is 2.42. The van der Waals surface area contributed by atoms with Gasteiger partial charge < -0.3 is 20.5 Å². The Morgan fingerprint density at radius 2 is 1.80 bits per heavy atom. The summed E-state index contributed by atoms with van der Waals surface area (Å²) in [5.41, 5.74) is 5.13. The van der Waals surface area contributed by atoms with Gasteiger partial charge in [-0.3, -0.25) is 9.05 Å². The highest BCUT2D eigenvalue weighted by molar-refractivity contribution is 7.47. The van der Waals surface area contributed by atoms with E-state index in [4.69, 9.17) is 10.5 Å². The Labute approximate surface area is 121 Å². The molecule has 0 amide bonds. The van der Waals surface area contributed by atoms with Gasteiger partial charge in [-0.1, -0.05) is 32.6 Å². The summed E-state index contributed by atoms with van der Waals surface area (Å²) < 4.78 is 25.6. The first kappa shape index (κ1) is 20.0. The zero-order valence-corrected chi connectivity index (χ0v) is 13.1. The van der Waals surface area contributed by atoms with Crippen LogP contribution >= 0.6 is 7.82 Å². The van der Waals surface area contributed by atoms with Crippen molar-refractivity contribution < 1.29 is 28.3 Å². The maximum Gasteiger partial charge on any atom is 0.472 e. The molecule has 0 saturated heterocycles. The predicted molar refractivity (Wildman–Crippen MR) is 76.4 cm³/mol. The van der Waals surface area contributed by atoms with E-state index >= 15 is 0 Å². The van der Waals surface area contributed by atoms with E-state index in [0.717, 1.165) is 12.8 Å². The van der Waals surface area contributed by atoms with Gasteiger partial charge in [0.1, 0.15) is 6.10 Å². The molecule has 0 radical (unpaired) electrons. The molecule has 2 atom stereocenters. The van der Waals surface area contributed by atoms with Crippen molar-refractivity contribution in [3.05, 3.63) is 0 Å². The highest BCUT2D eigenvalue weighted by atomic mass is 31.2. The molecule has 0 bridgehead atoms. The van der Waals surface area contributed by atoms with E-state index < -0.39 is 13.9 Å². The molecule has 0 aromatic heterocycles. The molecule has 2 unspecified atom stereocenters. The molecule has 0 aliphatic carbocycles. The molecule has 4 N–H and O–H groups in total. The van der Waals surface area contributed by atoms with Gasteiger partial charge in [0.05, 0.1) is 19.8 Å². The van der Waals surface area contributed by atoms with Crippen molar-refractivity contribution in [2.75, 3.05) is 33.0 Å². The van der Waals surface area contributed by atoms with Gasteiger partial charge in [0, 0.05) is 13.2 Å². The molecule has 0 heterocycles. The van der Waals surface area contributed by atoms with Gasteiger partial charge in [-0.2, -0.15) is 0 Å². The first-order chi connectivity index (χ1) is 9.52. The van der Waals surface area contributed by atoms with E-state index in [1.54, 1.807) is 0 Å². The Morgan fingerprint density at radius 1 is 1.10 bits per heavy atom. The van der Waals surface area contributed by atoms with Crippen LogP contribution in [0.25, 0.3) is 0 Å². The van der Waals surface area contributed by atoms with Crippen molar-refractivity contribution in [3.63, 3.8) is 0 Å². The van der Waals surface area contributed by atoms with Crippen LogP contribution in [0.15, 0.2) is 0 Å². The third-order valence-electron chi connectivity index (χ3n) is 2.50. The van der Waals surface area contributed by atoms with Crippen molar-refractivity contribution in [2.45, 2.75) is 45.1 Å². The minimum absolute atomic E-state index is 0.0713. The monoisotopic (exact) mass is 313 g/mol. The maximum atomic E-state index is 11.3. The zero-order valence-electron chi connectivity index (χ0n) is 12.2. The maximum absolute atomic E-state index is 11.3. The second-order valence-corrected chi connectivity index (χ2v) is 5.98. The number of hydrogen-bond acceptors (Lipinski definition) is 6. The van der Waals surface area contributed by atoms with Crippen molar-refractivity contribution in [3.8, 4) is 0 Å². The van der Waals surface area contributed by atoms with Crippen LogP contribution in [0.5, 0.6) is 0 Å². The SMILES string of the molecule is CCCCCCCOCC(O)COP(=O)(O)OCCN. The Hall–Kier alpha value is -0.0100. The first-order valence-electron chi connectivity index (χ1n) is 7.09. The Morgan fingerprint density at radius 3 is 2.45 bits per heavy atom. The van der Waals surface area contributed by atoms with Gasteiger partial charge in [0.25, 0.3) is 0 Å². The van der Waals surface area contributed by atoms with Crippen molar-refractivity contribution >= 4 is 7.82 Å². The number of phosphoric acid groups is 1. The molecular formula is C12H28NO6P. The summed E-state index contributed by atoms with van der Waals surface area (Å²) >= 11 is 0. The highest BCUT2D eigenvalue weighted by Gasteiger charge is 2.22. The van der Waals surface area contributed by atoms with Gasteiger partial charge in [0.2, 0.25) is 0 Å². The third-order valence-corrected chi connectivity index (χ3v) is 3.49. The zero-order chi connectivity index (χ0) is 15.3. The quantitative estimate of drug-likeness (QED) is 0.328. The summed E-state index contributed by atoms with van der Waals surface area (Å²) in [4.78, 5) is 9.19. The number of aliphatic hydroxyl groups is 1. The fourth-order valence-electron chi connectivity index (χ4n) is 1.46. The van der Waals surface area contributed by atoms with Crippen LogP contribution in [0.2, 0.25) is 0 Å². The fraction of sp³-hybridized carbons (Fsp3) is 1.00. The number of ether oxygens (including phenoxy) is 1. The molecule has 122 valence electrons. The Bertz CT molecular complexity index is 266. The molecule has 20 heavy (non-hydrogen) atoms. The minimum atomic E-state index is -4.12. The number of aliphatic hydroxyl groups excluding tert-OH is 1. The normalized spacial score (nSPS) is 16.0. The standard InChI is InChI=1S/C12H28NO6P/c1-2-3-4-5-6-8-17-10-12(14)11-19-20(15,16)18-9-7-13/h12,14H,2-11,13H2,1H3,(H,15,16). The lowest BCUT2D eigenvalue weighted by Crippen LogP contribution is -2.22. The molecule has 0 aliphatic heterocycles. The van der Waals surface area contributed by atoms with E-state index in [2.05, 4.69) is 16.0 Å². The van der Waals surface area contributed by atoms with E-state index in [0.29, 0.717) is 6.61 Å². The van der Waals surface area contributed by atoms with Gasteiger partial charge in [-0.05, 0) is 6.42 Å². The largest absolute Gasteiger partial charge is 0.472 e. The lowest BCUT2D eigenvalue weighted by atomic mass is 10.2. The molecule has 0 spiro atoms. The molecule has 0 rings (SSSR count). The van der Waals surface area contributed by atoms with Crippen LogP contribution in [-0.2, 0) is 18.3 Å². The second kappa shape index (κ2) is 12.7. The van der Waals surface area contributed by atoms with E-state index in [1.165, 1.54) is 19.3 Å². The van der Waals surface area contributed by atoms with Crippen LogP contribution in [0, 0.1) is 0 Å². The smallest absolute Gasteiger partial charge is 0.388 e. The molecular weight excluding hydrogens is 285 g/mol. The van der Waals surface area contributed by atoms with Crippen LogP contribution in [0.1, 0.15) is 39.0 Å². The fourth-order valence-corrected chi connectivity index (χ4v) is 2.23. The molecule has 7 nitrogen and oxygen atoms in total. The second-order valence-electron chi connectivity index (χ2n) is 4.53. The average Bonchev–Trinajstić information content (AvgIpc) is 2.42. The van der Waals surface area contributed by atoms with Crippen LogP contribution in [-0.4, -0.2) is 49.1 Å². The summed E-state index contributed by atoms with van der Waals surface area (Å²) in [6.07, 6.45) is 4.73. The minimum Gasteiger partial charge on any atom is -0.388 e. The molecule has 8 heteroatoms. The van der Waals surface area contributed by atoms with Gasteiger partial charge in [-0.25, -0.2) is 4.57 Å². The lowest BCUT2D eigenvalue weighted by molar-refractivity contribution is 0.00230. The van der Waals surface area contributed by atoms with Crippen molar-refractivity contribution in [1.82, 2.24) is 0 Å². The first-order valence-corrected chi connectivity index (χ1v) is 8.59. The number of unbranched alkanes of at least 4 members (excludes halogenated alkanes) is 4. The summed E-state index contributed by atoms with van der Waals surface area (Å²) in [5, 5.41) is 9.52. The number of phosphoric ester groups is 1. The van der Waals surface area contributed by atoms with Crippen LogP contribution < -0.4 is 5.73 Å². The summed E-state index contributed by atoms with van der Waals surface area (Å²) in [7, 11) is -4.12. The number of hydrogen-bond donors (Lipinski definition) is 3. The molecule has 0 saturated carbocycles. The summed E-state index contributed by atoms with van der Waals surface area (Å²) in [6, 6.07) is 0. The molecule has 0 aromatic rings. The van der Waals surface area contributed by atoms with E-state index in [-0.39, 0.29) is 26.4 Å². The molecule has 0 aromatic carbocycles. The van der Waals surface area contributed by atoms with Crippen molar-refractivity contribution in [2.24, 2.45) is 5.73 Å². The van der Waals surface area contributed by atoms with E-state index in [9.17, 15) is 14.6 Å². The van der Waals surface area contributed by atoms with Gasteiger partial charge in [0.15, 0.2) is 0 Å². The number of rotatable bonds is 14. The lowest BCUT2D eigenvalue weighted by Gasteiger charge is -2.15. The summed E-state index contributed by atoms with van der Waals surface area (Å²) in [6.45, 7) is 2.54. The molecule has 0 aliphatic rings. The van der Waals surface area contributed by atoms with Crippen LogP contribution in [0.4, 0.5) is 0 Å². The van der Waals surface area contributed by atoms with Gasteiger partial charge >= 0.3 is 7.82 Å². The van der Waals surface area contributed by atoms with Crippen molar-refractivity contribution in [1.29, 1.82) is 0 Å². The predicted octanol–water partition coefficient (Wildman–Crippen LogP) is 1.43. The number of nitrogens with two attached hydrogens (primary N) is 1. The van der Waals surface area contributed by atoms with E-state index in [1.807, 2.05) is 0 Å². The third kappa shape index (κ3) is 13.0.